The molecule has 0 aliphatic rings. The molecule has 0 aliphatic carbocycles. The third-order valence-corrected chi connectivity index (χ3v) is 4.10. The number of aromatic hydroxyl groups is 1. The molecule has 0 radical (unpaired) electrons. The largest absolute Gasteiger partial charge is 0.502 e. The van der Waals surface area contributed by atoms with Crippen LogP contribution in [0.3, 0.4) is 0 Å². The molecule has 27 heavy (non-hydrogen) atoms. The fourth-order valence-corrected chi connectivity index (χ4v) is 2.75. The van der Waals surface area contributed by atoms with Crippen LogP contribution in [0.5, 0.6) is 34.5 Å². The number of methoxy groups -OCH3 is 4. The highest BCUT2D eigenvalue weighted by atomic mass is 16.5. The van der Waals surface area contributed by atoms with E-state index in [1.54, 1.807) is 26.4 Å². The third-order valence-electron chi connectivity index (χ3n) is 4.10. The van der Waals surface area contributed by atoms with Crippen LogP contribution < -0.4 is 23.7 Å². The summed E-state index contributed by atoms with van der Waals surface area (Å²) in [5, 5.41) is 19.0. The van der Waals surface area contributed by atoms with Crippen molar-refractivity contribution < 1.29 is 33.9 Å². The van der Waals surface area contributed by atoms with Crippen molar-refractivity contribution in [2.45, 2.75) is 12.8 Å². The molecular formula is C20H26O7. The molecule has 0 aromatic heterocycles. The highest BCUT2D eigenvalue weighted by Gasteiger charge is 2.15. The van der Waals surface area contributed by atoms with Crippen molar-refractivity contribution in [2.75, 3.05) is 41.7 Å². The molecule has 0 saturated heterocycles. The maximum absolute atomic E-state index is 10.0. The van der Waals surface area contributed by atoms with Gasteiger partial charge in [-0.1, -0.05) is 0 Å². The quantitative estimate of drug-likeness (QED) is 0.657. The number of phenols is 1. The summed E-state index contributed by atoms with van der Waals surface area (Å²) in [5.74, 6) is 2.26. The normalized spacial score (nSPS) is 10.4. The van der Waals surface area contributed by atoms with Crippen LogP contribution in [0, 0.1) is 0 Å². The third kappa shape index (κ3) is 4.89. The Kier molecular flexibility index (Phi) is 7.43. The Bertz CT molecular complexity index is 708. The van der Waals surface area contributed by atoms with Crippen molar-refractivity contribution in [3.8, 4) is 34.5 Å². The van der Waals surface area contributed by atoms with Gasteiger partial charge in [0.05, 0.1) is 35.0 Å². The van der Waals surface area contributed by atoms with Gasteiger partial charge in [0.25, 0.3) is 0 Å². The number of hydrogen-bond acceptors (Lipinski definition) is 7. The zero-order valence-electron chi connectivity index (χ0n) is 16.1. The minimum atomic E-state index is -0.0986. The molecule has 0 unspecified atom stereocenters. The first kappa shape index (κ1) is 20.5. The Morgan fingerprint density at radius 2 is 1.11 bits per heavy atom. The molecule has 0 amide bonds. The van der Waals surface area contributed by atoms with Crippen molar-refractivity contribution in [1.82, 2.24) is 0 Å². The number of hydrogen-bond donors (Lipinski definition) is 2. The van der Waals surface area contributed by atoms with E-state index < -0.39 is 0 Å². The first-order valence-electron chi connectivity index (χ1n) is 8.50. The number of benzene rings is 2. The SMILES string of the molecule is COc1cc(CCc2cc(OC)c(OCCO)c(OC)c2)cc(OC)c1O. The van der Waals surface area contributed by atoms with Crippen molar-refractivity contribution in [3.05, 3.63) is 35.4 Å². The van der Waals surface area contributed by atoms with Crippen LogP contribution in [0.15, 0.2) is 24.3 Å². The lowest BCUT2D eigenvalue weighted by Crippen LogP contribution is -2.05. The maximum Gasteiger partial charge on any atom is 0.203 e. The van der Waals surface area contributed by atoms with E-state index in [2.05, 4.69) is 0 Å². The minimum Gasteiger partial charge on any atom is -0.502 e. The zero-order chi connectivity index (χ0) is 19.8. The van der Waals surface area contributed by atoms with E-state index in [1.165, 1.54) is 14.2 Å². The summed E-state index contributed by atoms with van der Waals surface area (Å²) in [5.41, 5.74) is 1.95. The highest BCUT2D eigenvalue weighted by molar-refractivity contribution is 5.55. The summed E-state index contributed by atoms with van der Waals surface area (Å²) in [6.07, 6.45) is 1.39. The van der Waals surface area contributed by atoms with Crippen LogP contribution in [0.1, 0.15) is 11.1 Å². The molecule has 0 saturated carbocycles. The van der Waals surface area contributed by atoms with E-state index in [4.69, 9.17) is 28.8 Å². The topological polar surface area (TPSA) is 86.6 Å². The molecule has 148 valence electrons. The Labute approximate surface area is 159 Å². The molecule has 2 aromatic carbocycles. The van der Waals surface area contributed by atoms with Crippen LogP contribution >= 0.6 is 0 Å². The lowest BCUT2D eigenvalue weighted by molar-refractivity contribution is 0.191. The Balaban J connectivity index is 2.25. The molecular weight excluding hydrogens is 352 g/mol. The summed E-state index contributed by atoms with van der Waals surface area (Å²) >= 11 is 0. The second-order valence-corrected chi connectivity index (χ2v) is 5.75. The number of aliphatic hydroxyl groups excluding tert-OH is 1. The average Bonchev–Trinajstić information content (AvgIpc) is 2.70. The molecule has 0 bridgehead atoms. The van der Waals surface area contributed by atoms with E-state index >= 15 is 0 Å². The maximum atomic E-state index is 10.0. The second kappa shape index (κ2) is 9.78. The lowest BCUT2D eigenvalue weighted by Gasteiger charge is -2.16. The van der Waals surface area contributed by atoms with E-state index in [0.29, 0.717) is 41.6 Å². The molecule has 2 N–H and O–H groups in total. The van der Waals surface area contributed by atoms with Crippen LogP contribution in [-0.2, 0) is 12.8 Å². The van der Waals surface area contributed by atoms with Gasteiger partial charge in [-0.05, 0) is 48.2 Å². The van der Waals surface area contributed by atoms with Gasteiger partial charge in [-0.25, -0.2) is 0 Å². The molecule has 0 aliphatic heterocycles. The van der Waals surface area contributed by atoms with Crippen molar-refractivity contribution in [1.29, 1.82) is 0 Å². The van der Waals surface area contributed by atoms with Crippen LogP contribution in [-0.4, -0.2) is 51.9 Å². The summed E-state index contributed by atoms with van der Waals surface area (Å²) in [7, 11) is 6.11. The Morgan fingerprint density at radius 1 is 0.704 bits per heavy atom. The number of ether oxygens (including phenoxy) is 5. The Morgan fingerprint density at radius 3 is 1.48 bits per heavy atom. The van der Waals surface area contributed by atoms with Gasteiger partial charge in [0.2, 0.25) is 11.5 Å². The zero-order valence-corrected chi connectivity index (χ0v) is 16.1. The lowest BCUT2D eigenvalue weighted by atomic mass is 10.0. The van der Waals surface area contributed by atoms with Crippen molar-refractivity contribution >= 4 is 0 Å². The molecule has 0 atom stereocenters. The van der Waals surface area contributed by atoms with Gasteiger partial charge >= 0.3 is 0 Å². The van der Waals surface area contributed by atoms with Gasteiger partial charge in [-0.2, -0.15) is 0 Å². The fourth-order valence-electron chi connectivity index (χ4n) is 2.75. The summed E-state index contributed by atoms with van der Waals surface area (Å²) in [4.78, 5) is 0. The molecule has 2 aromatic rings. The number of aryl methyl sites for hydroxylation is 2. The predicted molar refractivity (Wildman–Crippen MR) is 101 cm³/mol. The Hall–Kier alpha value is -2.80. The second-order valence-electron chi connectivity index (χ2n) is 5.75. The van der Waals surface area contributed by atoms with Gasteiger partial charge in [-0.3, -0.25) is 0 Å². The average molecular weight is 378 g/mol. The van der Waals surface area contributed by atoms with Gasteiger partial charge in [0.1, 0.15) is 6.61 Å². The highest BCUT2D eigenvalue weighted by Crippen LogP contribution is 2.40. The molecule has 0 heterocycles. The van der Waals surface area contributed by atoms with Crippen molar-refractivity contribution in [3.63, 3.8) is 0 Å². The molecule has 2 rings (SSSR count). The van der Waals surface area contributed by atoms with E-state index in [-0.39, 0.29) is 19.0 Å². The van der Waals surface area contributed by atoms with Gasteiger partial charge in [0.15, 0.2) is 23.0 Å². The fraction of sp³-hybridized carbons (Fsp3) is 0.400. The molecule has 0 fully saturated rings. The standard InChI is InChI=1S/C20H26O7/c1-23-15-9-13(10-16(24-2)19(15)22)5-6-14-11-17(25-3)20(27-8-7-21)18(12-14)26-4/h9-12,21-22H,5-8H2,1-4H3. The molecule has 0 spiro atoms. The van der Waals surface area contributed by atoms with Gasteiger partial charge in [-0.15, -0.1) is 0 Å². The molecule has 7 nitrogen and oxygen atoms in total. The van der Waals surface area contributed by atoms with Gasteiger partial charge in [0, 0.05) is 0 Å². The summed E-state index contributed by atoms with van der Waals surface area (Å²) in [6, 6.07) is 7.32. The smallest absolute Gasteiger partial charge is 0.203 e. The first-order chi connectivity index (χ1) is 13.1. The summed E-state index contributed by atoms with van der Waals surface area (Å²) in [6.45, 7) is 0.0533. The number of aliphatic hydroxyl groups is 1. The van der Waals surface area contributed by atoms with Crippen molar-refractivity contribution in [2.24, 2.45) is 0 Å². The van der Waals surface area contributed by atoms with E-state index in [0.717, 1.165) is 11.1 Å². The number of rotatable bonds is 10. The van der Waals surface area contributed by atoms with Crippen LogP contribution in [0.4, 0.5) is 0 Å². The monoisotopic (exact) mass is 378 g/mol. The van der Waals surface area contributed by atoms with E-state index in [9.17, 15) is 5.11 Å². The van der Waals surface area contributed by atoms with E-state index in [1.807, 2.05) is 12.1 Å². The van der Waals surface area contributed by atoms with Gasteiger partial charge < -0.3 is 33.9 Å². The van der Waals surface area contributed by atoms with Crippen LogP contribution in [0.25, 0.3) is 0 Å². The first-order valence-corrected chi connectivity index (χ1v) is 8.50. The summed E-state index contributed by atoms with van der Waals surface area (Å²) < 4.78 is 26.7. The number of phenolic OH excluding ortho intramolecular Hbond substituents is 1. The minimum absolute atomic E-state index is 0.0162. The van der Waals surface area contributed by atoms with Crippen LogP contribution in [0.2, 0.25) is 0 Å². The predicted octanol–water partition coefficient (Wildman–Crippen LogP) is 2.58. The molecule has 7 heteroatoms.